The van der Waals surface area contributed by atoms with E-state index in [1.807, 2.05) is 24.3 Å². The zero-order chi connectivity index (χ0) is 19.6. The Morgan fingerprint density at radius 2 is 2.00 bits per heavy atom. The van der Waals surface area contributed by atoms with E-state index in [-0.39, 0.29) is 25.4 Å². The van der Waals surface area contributed by atoms with Gasteiger partial charge >= 0.3 is 11.9 Å². The fourth-order valence-electron chi connectivity index (χ4n) is 3.22. The van der Waals surface area contributed by atoms with Crippen LogP contribution in [-0.4, -0.2) is 34.5 Å². The highest BCUT2D eigenvalue weighted by atomic mass is 16.5. The van der Waals surface area contributed by atoms with Crippen molar-refractivity contribution < 1.29 is 24.2 Å². The number of para-hydroxylation sites is 1. The van der Waals surface area contributed by atoms with E-state index >= 15 is 0 Å². The first-order chi connectivity index (χ1) is 12.9. The molecule has 2 heterocycles. The second-order valence-electron chi connectivity index (χ2n) is 6.19. The molecule has 0 saturated carbocycles. The lowest BCUT2D eigenvalue weighted by atomic mass is 10.0. The summed E-state index contributed by atoms with van der Waals surface area (Å²) in [6.07, 6.45) is 1.67. The third-order valence-electron chi connectivity index (χ3n) is 4.39. The van der Waals surface area contributed by atoms with Crippen molar-refractivity contribution in [1.29, 1.82) is 0 Å². The van der Waals surface area contributed by atoms with Crippen molar-refractivity contribution >= 4 is 35.2 Å². The van der Waals surface area contributed by atoms with Gasteiger partial charge in [-0.05, 0) is 38.0 Å². The average Bonchev–Trinajstić information content (AvgIpc) is 3.10. The maximum absolute atomic E-state index is 12.4. The Morgan fingerprint density at radius 3 is 2.70 bits per heavy atom. The SMILES string of the molecule is CCOC(=O)c1c(C)[nH]c(C=C2C(=O)Nc3ccccc32)c1CCC(=O)O. The molecule has 0 bridgehead atoms. The number of esters is 1. The number of ether oxygens (including phenoxy) is 1. The van der Waals surface area contributed by atoms with E-state index < -0.39 is 11.9 Å². The lowest BCUT2D eigenvalue weighted by Gasteiger charge is -2.06. The lowest BCUT2D eigenvalue weighted by molar-refractivity contribution is -0.137. The zero-order valence-electron chi connectivity index (χ0n) is 15.1. The van der Waals surface area contributed by atoms with Crippen molar-refractivity contribution in [1.82, 2.24) is 4.98 Å². The van der Waals surface area contributed by atoms with Crippen molar-refractivity contribution in [3.63, 3.8) is 0 Å². The highest BCUT2D eigenvalue weighted by molar-refractivity contribution is 6.34. The van der Waals surface area contributed by atoms with Crippen LogP contribution in [-0.2, 0) is 20.7 Å². The number of anilines is 1. The van der Waals surface area contributed by atoms with Gasteiger partial charge in [0.2, 0.25) is 0 Å². The van der Waals surface area contributed by atoms with Crippen LogP contribution in [0, 0.1) is 6.92 Å². The average molecular weight is 368 g/mol. The number of aromatic nitrogens is 1. The topological polar surface area (TPSA) is 108 Å². The quantitative estimate of drug-likeness (QED) is 0.536. The van der Waals surface area contributed by atoms with Gasteiger partial charge in [0.25, 0.3) is 5.91 Å². The molecule has 3 rings (SSSR count). The molecule has 1 aliphatic rings. The second-order valence-corrected chi connectivity index (χ2v) is 6.19. The summed E-state index contributed by atoms with van der Waals surface area (Å²) in [5.41, 5.74) is 3.92. The van der Waals surface area contributed by atoms with E-state index in [1.165, 1.54) is 0 Å². The molecule has 0 spiro atoms. The molecule has 0 aliphatic carbocycles. The Bertz CT molecular complexity index is 955. The highest BCUT2D eigenvalue weighted by Crippen LogP contribution is 2.34. The molecule has 1 aromatic carbocycles. The summed E-state index contributed by atoms with van der Waals surface area (Å²) >= 11 is 0. The van der Waals surface area contributed by atoms with Crippen LogP contribution in [0.2, 0.25) is 0 Å². The fourth-order valence-corrected chi connectivity index (χ4v) is 3.22. The van der Waals surface area contributed by atoms with Crippen molar-refractivity contribution in [3.8, 4) is 0 Å². The fraction of sp³-hybridized carbons (Fsp3) is 0.250. The van der Waals surface area contributed by atoms with Crippen LogP contribution in [0.15, 0.2) is 24.3 Å². The van der Waals surface area contributed by atoms with Crippen LogP contribution < -0.4 is 5.32 Å². The Labute approximate surface area is 156 Å². The number of benzene rings is 1. The predicted octanol–water partition coefficient (Wildman–Crippen LogP) is 3.01. The van der Waals surface area contributed by atoms with Crippen molar-refractivity contribution in [2.45, 2.75) is 26.7 Å². The van der Waals surface area contributed by atoms with Gasteiger partial charge in [-0.3, -0.25) is 9.59 Å². The van der Waals surface area contributed by atoms with Gasteiger partial charge in [0.1, 0.15) is 0 Å². The lowest BCUT2D eigenvalue weighted by Crippen LogP contribution is -2.09. The molecule has 1 amide bonds. The van der Waals surface area contributed by atoms with Crippen LogP contribution in [0.1, 0.15) is 46.2 Å². The van der Waals surface area contributed by atoms with Crippen molar-refractivity contribution in [3.05, 3.63) is 52.3 Å². The Kier molecular flexibility index (Phi) is 5.12. The summed E-state index contributed by atoms with van der Waals surface area (Å²) in [6, 6.07) is 7.31. The van der Waals surface area contributed by atoms with Gasteiger partial charge in [-0.2, -0.15) is 0 Å². The number of aryl methyl sites for hydroxylation is 1. The minimum Gasteiger partial charge on any atom is -0.481 e. The normalized spacial score (nSPS) is 14.1. The molecule has 0 atom stereocenters. The summed E-state index contributed by atoms with van der Waals surface area (Å²) in [5.74, 6) is -1.72. The summed E-state index contributed by atoms with van der Waals surface area (Å²) in [5, 5.41) is 11.9. The Hall–Kier alpha value is -3.35. The van der Waals surface area contributed by atoms with Crippen LogP contribution in [0.4, 0.5) is 5.69 Å². The molecule has 7 nitrogen and oxygen atoms in total. The Balaban J connectivity index is 2.10. The second kappa shape index (κ2) is 7.49. The number of hydrogen-bond donors (Lipinski definition) is 3. The maximum atomic E-state index is 12.4. The van der Waals surface area contributed by atoms with E-state index in [4.69, 9.17) is 9.84 Å². The van der Waals surface area contributed by atoms with Gasteiger partial charge in [-0.1, -0.05) is 18.2 Å². The number of carboxylic acid groups (broad SMARTS) is 1. The standard InChI is InChI=1S/C20H20N2O5/c1-3-27-20(26)18-11(2)21-16(13(18)8-9-17(23)24)10-14-12-6-4-5-7-15(12)22-19(14)25/h4-7,10,21H,3,8-9H2,1-2H3,(H,22,25)(H,23,24). The molecule has 0 radical (unpaired) electrons. The number of H-pyrrole nitrogens is 1. The molecule has 7 heteroatoms. The third-order valence-corrected chi connectivity index (χ3v) is 4.39. The van der Waals surface area contributed by atoms with E-state index in [9.17, 15) is 14.4 Å². The van der Waals surface area contributed by atoms with Gasteiger partial charge in [-0.25, -0.2) is 4.79 Å². The first-order valence-corrected chi connectivity index (χ1v) is 8.65. The molecular formula is C20H20N2O5. The molecule has 0 fully saturated rings. The molecule has 27 heavy (non-hydrogen) atoms. The van der Waals surface area contributed by atoms with Gasteiger partial charge in [0.05, 0.1) is 17.7 Å². The summed E-state index contributed by atoms with van der Waals surface area (Å²) in [7, 11) is 0. The highest BCUT2D eigenvalue weighted by Gasteiger charge is 2.26. The number of hydrogen-bond acceptors (Lipinski definition) is 4. The summed E-state index contributed by atoms with van der Waals surface area (Å²) in [4.78, 5) is 38.9. The molecule has 2 aromatic rings. The van der Waals surface area contributed by atoms with E-state index in [2.05, 4.69) is 10.3 Å². The number of carbonyl (C=O) groups excluding carboxylic acids is 2. The molecule has 140 valence electrons. The maximum Gasteiger partial charge on any atom is 0.340 e. The molecule has 3 N–H and O–H groups in total. The van der Waals surface area contributed by atoms with E-state index in [1.54, 1.807) is 19.9 Å². The van der Waals surface area contributed by atoms with Gasteiger partial charge < -0.3 is 20.1 Å². The number of amides is 1. The van der Waals surface area contributed by atoms with Crippen molar-refractivity contribution in [2.75, 3.05) is 11.9 Å². The number of carboxylic acids is 1. The van der Waals surface area contributed by atoms with E-state index in [0.717, 1.165) is 11.3 Å². The third kappa shape index (κ3) is 3.62. The predicted molar refractivity (Wildman–Crippen MR) is 100 cm³/mol. The molecule has 0 saturated heterocycles. The molecule has 1 aromatic heterocycles. The summed E-state index contributed by atoms with van der Waals surface area (Å²) < 4.78 is 5.11. The zero-order valence-corrected chi connectivity index (χ0v) is 15.1. The first kappa shape index (κ1) is 18.4. The van der Waals surface area contributed by atoms with Crippen LogP contribution in [0.5, 0.6) is 0 Å². The summed E-state index contributed by atoms with van der Waals surface area (Å²) in [6.45, 7) is 3.65. The van der Waals surface area contributed by atoms with Crippen LogP contribution in [0.3, 0.4) is 0 Å². The number of nitrogens with one attached hydrogen (secondary N) is 2. The number of carbonyl (C=O) groups is 3. The number of aromatic amines is 1. The smallest absolute Gasteiger partial charge is 0.340 e. The van der Waals surface area contributed by atoms with Crippen LogP contribution in [0.25, 0.3) is 11.6 Å². The molecular weight excluding hydrogens is 348 g/mol. The minimum atomic E-state index is -0.966. The number of fused-ring (bicyclic) bond motifs is 1. The first-order valence-electron chi connectivity index (χ1n) is 8.65. The monoisotopic (exact) mass is 368 g/mol. The molecule has 0 unspecified atom stereocenters. The number of aliphatic carboxylic acids is 1. The number of rotatable bonds is 6. The van der Waals surface area contributed by atoms with Gasteiger partial charge in [0, 0.05) is 29.1 Å². The van der Waals surface area contributed by atoms with Crippen LogP contribution >= 0.6 is 0 Å². The largest absolute Gasteiger partial charge is 0.481 e. The minimum absolute atomic E-state index is 0.136. The Morgan fingerprint density at radius 1 is 1.26 bits per heavy atom. The van der Waals surface area contributed by atoms with Gasteiger partial charge in [-0.15, -0.1) is 0 Å². The van der Waals surface area contributed by atoms with Crippen molar-refractivity contribution in [2.24, 2.45) is 0 Å². The van der Waals surface area contributed by atoms with Gasteiger partial charge in [0.15, 0.2) is 0 Å². The molecule has 1 aliphatic heterocycles. The van der Waals surface area contributed by atoms with E-state index in [0.29, 0.717) is 28.1 Å².